The van der Waals surface area contributed by atoms with Crippen LogP contribution in [-0.2, 0) is 34.1 Å². The number of sulfonamides is 1. The Morgan fingerprint density at radius 2 is 1.67 bits per heavy atom. The number of halogens is 3. The smallest absolute Gasteiger partial charge is 0.371 e. The molecule has 2 aliphatic heterocycles. The zero-order valence-electron chi connectivity index (χ0n) is 29.8. The van der Waals surface area contributed by atoms with Crippen molar-refractivity contribution in [1.29, 1.82) is 0 Å². The molecule has 2 aromatic carbocycles. The average Bonchev–Trinajstić information content (AvgIpc) is 3.14. The second-order valence-electron chi connectivity index (χ2n) is 13.1. The lowest BCUT2D eigenvalue weighted by Crippen LogP contribution is -2.50. The first-order chi connectivity index (χ1) is 25.7. The second-order valence-corrected chi connectivity index (χ2v) is 15.1. The number of para-hydroxylation sites is 1. The molecule has 0 unspecified atom stereocenters. The van der Waals surface area contributed by atoms with Crippen molar-refractivity contribution in [1.82, 2.24) is 30.2 Å². The van der Waals surface area contributed by atoms with Crippen molar-refractivity contribution >= 4 is 56.6 Å². The Bertz CT molecular complexity index is 2100. The van der Waals surface area contributed by atoms with E-state index in [2.05, 4.69) is 52.7 Å². The van der Waals surface area contributed by atoms with Gasteiger partial charge in [-0.25, -0.2) is 23.2 Å². The van der Waals surface area contributed by atoms with Gasteiger partial charge in [0.15, 0.2) is 5.82 Å². The predicted octanol–water partition coefficient (Wildman–Crippen LogP) is 4.58. The first-order valence-corrected chi connectivity index (χ1v) is 19.0. The fourth-order valence-corrected chi connectivity index (χ4v) is 6.87. The molecule has 19 heteroatoms. The lowest BCUT2D eigenvalue weighted by Gasteiger charge is -2.38. The number of anilines is 6. The summed E-state index contributed by atoms with van der Waals surface area (Å²) in [7, 11) is -0.354. The molecule has 3 N–H and O–H groups in total. The van der Waals surface area contributed by atoms with E-state index in [1.807, 2.05) is 36.4 Å². The summed E-state index contributed by atoms with van der Waals surface area (Å²) < 4.78 is 66.8. The lowest BCUT2D eigenvalue weighted by atomic mass is 10.0. The minimum atomic E-state index is -4.77. The van der Waals surface area contributed by atoms with Gasteiger partial charge in [0.05, 0.1) is 12.8 Å². The number of piperidine rings is 1. The van der Waals surface area contributed by atoms with Crippen LogP contribution in [0, 0.1) is 0 Å². The standard InChI is InChI=1S/C35H40F3N11O4S/c1-46(22-23-6-4-5-7-29(23)49-19-14-30(50)44-34(49)51)25-12-17-48(18-13-25)26-10-8-24(9-11-26)43-33-42-20-27(35(36,37)38)31(45-33)41-21-28-32(40-16-15-39-28)47(2)54(3,52)53/h4-11,15-16,20,25H,12-14,17-19,21-22H2,1-3H3,(H,44,50,51)(H2,41,42,43,45). The molecule has 286 valence electrons. The average molecular weight is 768 g/mol. The Morgan fingerprint density at radius 3 is 2.35 bits per heavy atom. The van der Waals surface area contributed by atoms with E-state index in [4.69, 9.17) is 0 Å². The van der Waals surface area contributed by atoms with E-state index in [0.717, 1.165) is 53.4 Å². The Morgan fingerprint density at radius 1 is 0.963 bits per heavy atom. The molecule has 54 heavy (non-hydrogen) atoms. The van der Waals surface area contributed by atoms with E-state index in [9.17, 15) is 31.2 Å². The molecule has 2 aliphatic rings. The lowest BCUT2D eigenvalue weighted by molar-refractivity contribution is -0.137. The fraction of sp³-hybridized carbons (Fsp3) is 0.371. The van der Waals surface area contributed by atoms with Crippen LogP contribution in [0.3, 0.4) is 0 Å². The molecule has 3 amide bonds. The molecule has 0 atom stereocenters. The van der Waals surface area contributed by atoms with Crippen molar-refractivity contribution in [3.63, 3.8) is 0 Å². The van der Waals surface area contributed by atoms with E-state index in [-0.39, 0.29) is 36.3 Å². The highest BCUT2D eigenvalue weighted by atomic mass is 32.2. The number of amides is 3. The van der Waals surface area contributed by atoms with Crippen molar-refractivity contribution in [3.05, 3.63) is 83.9 Å². The Hall–Kier alpha value is -5.56. The van der Waals surface area contributed by atoms with Crippen molar-refractivity contribution in [2.75, 3.05) is 64.7 Å². The summed E-state index contributed by atoms with van der Waals surface area (Å²) in [6.45, 7) is 2.31. The highest BCUT2D eigenvalue weighted by Gasteiger charge is 2.35. The minimum absolute atomic E-state index is 0.0315. The first-order valence-electron chi connectivity index (χ1n) is 17.1. The molecular formula is C35H40F3N11O4S. The van der Waals surface area contributed by atoms with Crippen molar-refractivity contribution in [2.45, 2.75) is 44.6 Å². The van der Waals surface area contributed by atoms with Crippen molar-refractivity contribution < 1.29 is 31.2 Å². The number of carbonyl (C=O) groups excluding carboxylic acids is 2. The highest BCUT2D eigenvalue weighted by molar-refractivity contribution is 7.92. The van der Waals surface area contributed by atoms with Gasteiger partial charge in [-0.2, -0.15) is 18.2 Å². The number of hydrogen-bond donors (Lipinski definition) is 3. The number of benzene rings is 2. The highest BCUT2D eigenvalue weighted by Crippen LogP contribution is 2.35. The minimum Gasteiger partial charge on any atom is -0.371 e. The normalized spacial score (nSPS) is 15.7. The first kappa shape index (κ1) is 38.2. The van der Waals surface area contributed by atoms with Gasteiger partial charge >= 0.3 is 12.2 Å². The molecule has 0 saturated carbocycles. The summed E-state index contributed by atoms with van der Waals surface area (Å²) >= 11 is 0. The molecule has 15 nitrogen and oxygen atoms in total. The topological polar surface area (TPSA) is 169 Å². The summed E-state index contributed by atoms with van der Waals surface area (Å²) in [4.78, 5) is 46.5. The van der Waals surface area contributed by atoms with E-state index >= 15 is 0 Å². The van der Waals surface area contributed by atoms with Crippen molar-refractivity contribution in [2.24, 2.45) is 0 Å². The maximum absolute atomic E-state index is 13.9. The second kappa shape index (κ2) is 15.8. The van der Waals surface area contributed by atoms with Crippen LogP contribution < -0.4 is 30.1 Å². The number of alkyl halides is 3. The number of nitrogens with zero attached hydrogens (tertiary/aromatic N) is 8. The van der Waals surface area contributed by atoms with Gasteiger partial charge in [-0.15, -0.1) is 0 Å². The molecular weight excluding hydrogens is 728 g/mol. The molecule has 0 radical (unpaired) electrons. The van der Waals surface area contributed by atoms with Crippen LogP contribution in [0.2, 0.25) is 0 Å². The summed E-state index contributed by atoms with van der Waals surface area (Å²) in [5, 5.41) is 7.99. The number of aromatic nitrogens is 4. The SMILES string of the molecule is CN(Cc1ccccc1N1CCC(=O)NC1=O)C1CCN(c2ccc(Nc3ncc(C(F)(F)F)c(NCc4nccnc4N(C)S(C)(=O)=O)n3)cc2)CC1. The van der Waals surface area contributed by atoms with E-state index in [1.54, 1.807) is 17.0 Å². The maximum atomic E-state index is 13.9. The van der Waals surface area contributed by atoms with Gasteiger partial charge < -0.3 is 15.5 Å². The van der Waals surface area contributed by atoms with Crippen LogP contribution in [-0.4, -0.2) is 91.2 Å². The van der Waals surface area contributed by atoms with Gasteiger partial charge in [-0.05, 0) is 55.8 Å². The van der Waals surface area contributed by atoms with Crippen LogP contribution >= 0.6 is 0 Å². The van der Waals surface area contributed by atoms with Crippen LogP contribution in [0.15, 0.2) is 67.1 Å². The molecule has 2 fully saturated rings. The molecule has 2 saturated heterocycles. The largest absolute Gasteiger partial charge is 0.421 e. The zero-order chi connectivity index (χ0) is 38.6. The number of urea groups is 1. The van der Waals surface area contributed by atoms with Gasteiger partial charge in [0.1, 0.15) is 17.1 Å². The van der Waals surface area contributed by atoms with Gasteiger partial charge in [0.25, 0.3) is 0 Å². The summed E-state index contributed by atoms with van der Waals surface area (Å²) in [5.41, 5.74) is 2.36. The molecule has 0 aliphatic carbocycles. The van der Waals surface area contributed by atoms with E-state index in [1.165, 1.54) is 19.4 Å². The summed E-state index contributed by atoms with van der Waals surface area (Å²) in [5.74, 6) is -0.893. The molecule has 0 bridgehead atoms. The fourth-order valence-electron chi connectivity index (χ4n) is 6.41. The third-order valence-electron chi connectivity index (χ3n) is 9.40. The molecule has 6 rings (SSSR count). The van der Waals surface area contributed by atoms with Gasteiger partial charge in [0.2, 0.25) is 21.9 Å². The molecule has 4 heterocycles. The Balaban J connectivity index is 1.07. The number of imide groups is 1. The third-order valence-corrected chi connectivity index (χ3v) is 10.6. The third kappa shape index (κ3) is 8.96. The number of hydrogen-bond acceptors (Lipinski definition) is 12. The molecule has 4 aromatic rings. The van der Waals surface area contributed by atoms with Crippen LogP contribution in [0.25, 0.3) is 0 Å². The van der Waals surface area contributed by atoms with Crippen LogP contribution in [0.5, 0.6) is 0 Å². The summed E-state index contributed by atoms with van der Waals surface area (Å²) in [6.07, 6.45) is 1.57. The molecule has 2 aromatic heterocycles. The quantitative estimate of drug-likeness (QED) is 0.184. The van der Waals surface area contributed by atoms with E-state index < -0.39 is 33.6 Å². The predicted molar refractivity (Wildman–Crippen MR) is 198 cm³/mol. The number of nitrogens with one attached hydrogen (secondary N) is 3. The summed E-state index contributed by atoms with van der Waals surface area (Å²) in [6, 6.07) is 15.1. The van der Waals surface area contributed by atoms with Gasteiger partial charge in [0, 0.05) is 81.3 Å². The Kier molecular flexibility index (Phi) is 11.2. The van der Waals surface area contributed by atoms with Crippen molar-refractivity contribution in [3.8, 4) is 0 Å². The maximum Gasteiger partial charge on any atom is 0.421 e. The monoisotopic (exact) mass is 767 g/mol. The van der Waals surface area contributed by atoms with Crippen LogP contribution in [0.4, 0.5) is 52.6 Å². The zero-order valence-corrected chi connectivity index (χ0v) is 30.7. The number of rotatable bonds is 12. The Labute approximate surface area is 310 Å². The molecule has 0 spiro atoms. The van der Waals surface area contributed by atoms with Gasteiger partial charge in [-0.3, -0.25) is 29.2 Å². The number of carbonyl (C=O) groups is 2. The van der Waals surface area contributed by atoms with Gasteiger partial charge in [-0.1, -0.05) is 18.2 Å². The van der Waals surface area contributed by atoms with E-state index in [0.29, 0.717) is 31.0 Å². The van der Waals surface area contributed by atoms with Crippen LogP contribution in [0.1, 0.15) is 36.1 Å².